The van der Waals surface area contributed by atoms with E-state index in [4.69, 9.17) is 15.2 Å². The van der Waals surface area contributed by atoms with E-state index in [0.29, 0.717) is 18.5 Å². The van der Waals surface area contributed by atoms with Gasteiger partial charge in [0.1, 0.15) is 0 Å². The first-order chi connectivity index (χ1) is 7.77. The van der Waals surface area contributed by atoms with Crippen LogP contribution in [-0.2, 0) is 9.47 Å². The van der Waals surface area contributed by atoms with Gasteiger partial charge in [0, 0.05) is 26.1 Å². The Labute approximate surface area is 93.7 Å². The number of rotatable bonds is 1. The van der Waals surface area contributed by atoms with Gasteiger partial charge in [0.2, 0.25) is 0 Å². The van der Waals surface area contributed by atoms with Gasteiger partial charge in [-0.15, -0.1) is 5.10 Å². The number of nitrogen functional groups attached to an aromatic ring is 1. The number of nitrogens with two attached hydrogens (primary N) is 1. The van der Waals surface area contributed by atoms with E-state index < -0.39 is 0 Å². The van der Waals surface area contributed by atoms with Crippen LogP contribution in [0.3, 0.4) is 0 Å². The quantitative estimate of drug-likeness (QED) is 0.746. The molecule has 2 unspecified atom stereocenters. The van der Waals surface area contributed by atoms with Gasteiger partial charge in [-0.1, -0.05) is 5.21 Å². The third kappa shape index (κ3) is 1.68. The van der Waals surface area contributed by atoms with Crippen molar-refractivity contribution in [3.63, 3.8) is 0 Å². The van der Waals surface area contributed by atoms with E-state index in [1.807, 2.05) is 4.68 Å². The molecule has 88 valence electrons. The van der Waals surface area contributed by atoms with Gasteiger partial charge in [0.15, 0.2) is 5.82 Å². The monoisotopic (exact) mass is 224 g/mol. The molecule has 0 bridgehead atoms. The summed E-state index contributed by atoms with van der Waals surface area (Å²) in [6.07, 6.45) is 4.67. The second-order valence-electron chi connectivity index (χ2n) is 4.60. The third-order valence-electron chi connectivity index (χ3n) is 3.44. The number of anilines is 1. The summed E-state index contributed by atoms with van der Waals surface area (Å²) in [6, 6.07) is 0.334. The average Bonchev–Trinajstić information content (AvgIpc) is 2.89. The van der Waals surface area contributed by atoms with Crippen LogP contribution in [0.2, 0.25) is 0 Å². The Morgan fingerprint density at radius 2 is 2.44 bits per heavy atom. The molecule has 1 spiro atoms. The van der Waals surface area contributed by atoms with Gasteiger partial charge in [0.25, 0.3) is 0 Å². The Bertz CT molecular complexity index is 373. The van der Waals surface area contributed by atoms with Gasteiger partial charge in [-0.2, -0.15) is 0 Å². The van der Waals surface area contributed by atoms with Gasteiger partial charge >= 0.3 is 0 Å². The maximum atomic E-state index is 5.87. The lowest BCUT2D eigenvalue weighted by Gasteiger charge is -2.36. The minimum atomic E-state index is -0.0936. The minimum absolute atomic E-state index is 0.0936. The molecule has 2 aliphatic rings. The van der Waals surface area contributed by atoms with Crippen LogP contribution in [0.25, 0.3) is 0 Å². The maximum absolute atomic E-state index is 5.87. The highest BCUT2D eigenvalue weighted by Gasteiger charge is 2.41. The number of hydrogen-bond donors (Lipinski definition) is 1. The molecule has 0 aromatic carbocycles. The smallest absolute Gasteiger partial charge is 0.165 e. The van der Waals surface area contributed by atoms with Crippen molar-refractivity contribution in [1.82, 2.24) is 15.0 Å². The van der Waals surface area contributed by atoms with Crippen LogP contribution in [0.5, 0.6) is 0 Å². The second kappa shape index (κ2) is 3.71. The molecule has 16 heavy (non-hydrogen) atoms. The molecule has 2 aliphatic heterocycles. The molecule has 1 aromatic heterocycles. The molecule has 0 saturated carbocycles. The van der Waals surface area contributed by atoms with E-state index in [2.05, 4.69) is 10.3 Å². The molecule has 0 aliphatic carbocycles. The molecule has 1 aromatic rings. The fourth-order valence-electron chi connectivity index (χ4n) is 2.56. The zero-order valence-electron chi connectivity index (χ0n) is 9.13. The van der Waals surface area contributed by atoms with Crippen LogP contribution < -0.4 is 5.73 Å². The van der Waals surface area contributed by atoms with Crippen molar-refractivity contribution < 1.29 is 9.47 Å². The van der Waals surface area contributed by atoms with Crippen LogP contribution in [0.4, 0.5) is 5.82 Å². The average molecular weight is 224 g/mol. The van der Waals surface area contributed by atoms with Gasteiger partial charge in [-0.05, 0) is 6.42 Å². The van der Waals surface area contributed by atoms with Crippen LogP contribution >= 0.6 is 0 Å². The molecule has 3 heterocycles. The summed E-state index contributed by atoms with van der Waals surface area (Å²) in [5.41, 5.74) is 5.49. The van der Waals surface area contributed by atoms with Crippen LogP contribution in [0.1, 0.15) is 25.3 Å². The molecule has 3 rings (SSSR count). The summed E-state index contributed by atoms with van der Waals surface area (Å²) >= 11 is 0. The van der Waals surface area contributed by atoms with Crippen LogP contribution in [0, 0.1) is 0 Å². The molecule has 2 saturated heterocycles. The van der Waals surface area contributed by atoms with Crippen molar-refractivity contribution >= 4 is 5.82 Å². The SMILES string of the molecule is Nc1cn(C2CCOC3(CCOC3)C2)nn1. The number of nitrogens with zero attached hydrogens (tertiary/aromatic N) is 3. The van der Waals surface area contributed by atoms with Crippen molar-refractivity contribution in [1.29, 1.82) is 0 Å². The maximum Gasteiger partial charge on any atom is 0.165 e. The minimum Gasteiger partial charge on any atom is -0.381 e. The van der Waals surface area contributed by atoms with Crippen molar-refractivity contribution in [2.24, 2.45) is 0 Å². The lowest BCUT2D eigenvalue weighted by Crippen LogP contribution is -2.41. The molecule has 2 atom stereocenters. The largest absolute Gasteiger partial charge is 0.381 e. The predicted octanol–water partition coefficient (Wildman–Crippen LogP) is 0.371. The van der Waals surface area contributed by atoms with Gasteiger partial charge in [0.05, 0.1) is 24.4 Å². The van der Waals surface area contributed by atoms with Crippen molar-refractivity contribution in [3.8, 4) is 0 Å². The highest BCUT2D eigenvalue weighted by molar-refractivity contribution is 5.20. The lowest BCUT2D eigenvalue weighted by atomic mass is 9.90. The summed E-state index contributed by atoms with van der Waals surface area (Å²) in [5.74, 6) is 0.475. The van der Waals surface area contributed by atoms with E-state index in [9.17, 15) is 0 Å². The van der Waals surface area contributed by atoms with Gasteiger partial charge in [-0.3, -0.25) is 0 Å². The Balaban J connectivity index is 1.77. The molecule has 0 radical (unpaired) electrons. The summed E-state index contributed by atoms with van der Waals surface area (Å²) in [5, 5.41) is 7.86. The fourth-order valence-corrected chi connectivity index (χ4v) is 2.56. The van der Waals surface area contributed by atoms with Crippen molar-refractivity contribution in [2.75, 3.05) is 25.6 Å². The molecular weight excluding hydrogens is 208 g/mol. The highest BCUT2D eigenvalue weighted by atomic mass is 16.6. The Morgan fingerprint density at radius 1 is 1.50 bits per heavy atom. The van der Waals surface area contributed by atoms with E-state index in [0.717, 1.165) is 32.5 Å². The van der Waals surface area contributed by atoms with E-state index >= 15 is 0 Å². The third-order valence-corrected chi connectivity index (χ3v) is 3.44. The van der Waals surface area contributed by atoms with E-state index in [-0.39, 0.29) is 5.60 Å². The number of aromatic nitrogens is 3. The first-order valence-electron chi connectivity index (χ1n) is 5.66. The number of hydrogen-bond acceptors (Lipinski definition) is 5. The van der Waals surface area contributed by atoms with E-state index in [1.165, 1.54) is 0 Å². The van der Waals surface area contributed by atoms with Gasteiger partial charge in [-0.25, -0.2) is 4.68 Å². The molecular formula is C10H16N4O2. The topological polar surface area (TPSA) is 75.2 Å². The summed E-state index contributed by atoms with van der Waals surface area (Å²) < 4.78 is 13.2. The predicted molar refractivity (Wildman–Crippen MR) is 56.8 cm³/mol. The molecule has 6 heteroatoms. The van der Waals surface area contributed by atoms with Crippen LogP contribution in [-0.4, -0.2) is 40.4 Å². The Hall–Kier alpha value is -1.14. The van der Waals surface area contributed by atoms with Crippen molar-refractivity contribution in [2.45, 2.75) is 30.9 Å². The Morgan fingerprint density at radius 3 is 3.12 bits per heavy atom. The van der Waals surface area contributed by atoms with Gasteiger partial charge < -0.3 is 15.2 Å². The normalized spacial score (nSPS) is 34.6. The van der Waals surface area contributed by atoms with Crippen molar-refractivity contribution in [3.05, 3.63) is 6.20 Å². The first-order valence-corrected chi connectivity index (χ1v) is 5.66. The summed E-state index contributed by atoms with van der Waals surface area (Å²) in [4.78, 5) is 0. The summed E-state index contributed by atoms with van der Waals surface area (Å²) in [6.45, 7) is 2.26. The zero-order valence-corrected chi connectivity index (χ0v) is 9.13. The van der Waals surface area contributed by atoms with E-state index in [1.54, 1.807) is 6.20 Å². The van der Waals surface area contributed by atoms with Crippen LogP contribution in [0.15, 0.2) is 6.20 Å². The fraction of sp³-hybridized carbons (Fsp3) is 0.800. The highest BCUT2D eigenvalue weighted by Crippen LogP contribution is 2.37. The molecule has 6 nitrogen and oxygen atoms in total. The Kier molecular flexibility index (Phi) is 2.33. The zero-order chi connectivity index (χ0) is 11.0. The molecule has 0 amide bonds. The molecule has 2 N–H and O–H groups in total. The lowest BCUT2D eigenvalue weighted by molar-refractivity contribution is -0.0964. The first kappa shape index (κ1) is 10.0. The standard InChI is InChI=1S/C10H16N4O2/c11-9-6-14(13-12-9)8-1-3-16-10(5-8)2-4-15-7-10/h6,8H,1-5,7,11H2. The second-order valence-corrected chi connectivity index (χ2v) is 4.60. The summed E-state index contributed by atoms with van der Waals surface area (Å²) in [7, 11) is 0. The number of ether oxygens (including phenoxy) is 2. The molecule has 2 fully saturated rings.